The molecule has 0 aromatic heterocycles. The Balaban J connectivity index is 1.74. The largest absolute Gasteiger partial charge is 0.354 e. The molecule has 1 aromatic carbocycles. The summed E-state index contributed by atoms with van der Waals surface area (Å²) < 4.78 is 13.6. The Labute approximate surface area is 118 Å². The van der Waals surface area contributed by atoms with E-state index in [4.69, 9.17) is 0 Å². The maximum Gasteiger partial charge on any atom is 0.251 e. The molecule has 1 saturated carbocycles. The van der Waals surface area contributed by atoms with Crippen LogP contribution >= 0.6 is 15.9 Å². The number of rotatable bonds is 5. The number of carbonyl (C=O) groups is 2. The van der Waals surface area contributed by atoms with Gasteiger partial charge in [0, 0.05) is 24.6 Å². The lowest BCUT2D eigenvalue weighted by Gasteiger charge is -2.07. The van der Waals surface area contributed by atoms with Crippen LogP contribution in [0.25, 0.3) is 0 Å². The fraction of sp³-hybridized carbons (Fsp3) is 0.385. The molecule has 2 N–H and O–H groups in total. The van der Waals surface area contributed by atoms with Crippen LogP contribution in [0.5, 0.6) is 0 Å². The van der Waals surface area contributed by atoms with Crippen molar-refractivity contribution in [3.63, 3.8) is 0 Å². The Bertz CT molecular complexity index is 503. The highest BCUT2D eigenvalue weighted by molar-refractivity contribution is 9.10. The summed E-state index contributed by atoms with van der Waals surface area (Å²) in [7, 11) is 0. The van der Waals surface area contributed by atoms with Gasteiger partial charge in [0.2, 0.25) is 5.91 Å². The number of hydrogen-bond donors (Lipinski definition) is 2. The second-order valence-electron chi connectivity index (χ2n) is 4.45. The van der Waals surface area contributed by atoms with Crippen LogP contribution in [0.1, 0.15) is 23.2 Å². The fourth-order valence-corrected chi connectivity index (χ4v) is 1.84. The Morgan fingerprint density at radius 1 is 1.26 bits per heavy atom. The molecule has 19 heavy (non-hydrogen) atoms. The Morgan fingerprint density at radius 3 is 2.58 bits per heavy atom. The van der Waals surface area contributed by atoms with Gasteiger partial charge in [-0.1, -0.05) is 0 Å². The summed E-state index contributed by atoms with van der Waals surface area (Å²) in [5, 5.41) is 5.36. The van der Waals surface area contributed by atoms with E-state index in [0.717, 1.165) is 12.8 Å². The van der Waals surface area contributed by atoms with Crippen molar-refractivity contribution in [2.45, 2.75) is 12.8 Å². The maximum atomic E-state index is 13.2. The number of hydrogen-bond acceptors (Lipinski definition) is 2. The summed E-state index contributed by atoms with van der Waals surface area (Å²) in [5.41, 5.74) is 0.259. The van der Waals surface area contributed by atoms with E-state index in [9.17, 15) is 14.0 Å². The van der Waals surface area contributed by atoms with E-state index < -0.39 is 5.82 Å². The van der Waals surface area contributed by atoms with Crippen LogP contribution in [0.3, 0.4) is 0 Å². The second-order valence-corrected chi connectivity index (χ2v) is 5.30. The Kier molecular flexibility index (Phi) is 4.52. The van der Waals surface area contributed by atoms with Gasteiger partial charge in [-0.15, -0.1) is 0 Å². The number of benzene rings is 1. The minimum Gasteiger partial charge on any atom is -0.354 e. The van der Waals surface area contributed by atoms with Gasteiger partial charge in [0.1, 0.15) is 5.82 Å². The molecule has 1 aliphatic carbocycles. The van der Waals surface area contributed by atoms with Crippen molar-refractivity contribution in [1.29, 1.82) is 0 Å². The van der Waals surface area contributed by atoms with Gasteiger partial charge in [-0.05, 0) is 47.0 Å². The summed E-state index contributed by atoms with van der Waals surface area (Å²) in [6.07, 6.45) is 1.91. The third-order valence-electron chi connectivity index (χ3n) is 2.84. The highest BCUT2D eigenvalue weighted by atomic mass is 79.9. The Hall–Kier alpha value is -1.43. The summed E-state index contributed by atoms with van der Waals surface area (Å²) >= 11 is 3.02. The first kappa shape index (κ1) is 14.0. The fourth-order valence-electron chi connectivity index (χ4n) is 1.59. The van der Waals surface area contributed by atoms with Crippen molar-refractivity contribution in [2.75, 3.05) is 13.1 Å². The van der Waals surface area contributed by atoms with Gasteiger partial charge in [-0.3, -0.25) is 9.59 Å². The molecule has 1 aliphatic rings. The lowest BCUT2D eigenvalue weighted by molar-refractivity contribution is -0.122. The molecule has 6 heteroatoms. The normalized spacial score (nSPS) is 14.0. The molecule has 0 saturated heterocycles. The van der Waals surface area contributed by atoms with E-state index in [0.29, 0.717) is 17.6 Å². The molecular formula is C13H14BrFN2O2. The van der Waals surface area contributed by atoms with Crippen LogP contribution in [0.15, 0.2) is 22.7 Å². The molecule has 0 radical (unpaired) electrons. The summed E-state index contributed by atoms with van der Waals surface area (Å²) in [6.45, 7) is 0.717. The van der Waals surface area contributed by atoms with Gasteiger partial charge in [0.25, 0.3) is 5.91 Å². The van der Waals surface area contributed by atoms with E-state index in [1.807, 2.05) is 0 Å². The van der Waals surface area contributed by atoms with Crippen LogP contribution in [0, 0.1) is 11.7 Å². The van der Waals surface area contributed by atoms with Gasteiger partial charge in [-0.2, -0.15) is 0 Å². The number of carbonyl (C=O) groups excluding carboxylic acids is 2. The SMILES string of the molecule is O=C(NCCNC(=O)C1CC1)c1ccc(Br)c(F)c1. The molecule has 102 valence electrons. The molecule has 0 heterocycles. The zero-order valence-electron chi connectivity index (χ0n) is 10.2. The van der Waals surface area contributed by atoms with Gasteiger partial charge in [0.05, 0.1) is 4.47 Å². The molecular weight excluding hydrogens is 315 g/mol. The Morgan fingerprint density at radius 2 is 1.95 bits per heavy atom. The van der Waals surface area contributed by atoms with Gasteiger partial charge in [-0.25, -0.2) is 4.39 Å². The third kappa shape index (κ3) is 4.02. The molecule has 0 spiro atoms. The highest BCUT2D eigenvalue weighted by Gasteiger charge is 2.28. The number of amides is 2. The third-order valence-corrected chi connectivity index (χ3v) is 3.48. The van der Waals surface area contributed by atoms with Crippen molar-refractivity contribution in [2.24, 2.45) is 5.92 Å². The van der Waals surface area contributed by atoms with Gasteiger partial charge in [0.15, 0.2) is 0 Å². The predicted molar refractivity (Wildman–Crippen MR) is 72.2 cm³/mol. The first-order chi connectivity index (χ1) is 9.08. The minimum atomic E-state index is -0.477. The first-order valence-electron chi connectivity index (χ1n) is 6.09. The molecule has 0 atom stereocenters. The summed E-state index contributed by atoms with van der Waals surface area (Å²) in [5.74, 6) is -0.623. The minimum absolute atomic E-state index is 0.0453. The number of nitrogens with one attached hydrogen (secondary N) is 2. The quantitative estimate of drug-likeness (QED) is 0.810. The molecule has 4 nitrogen and oxygen atoms in total. The molecule has 1 fully saturated rings. The highest BCUT2D eigenvalue weighted by Crippen LogP contribution is 2.28. The summed E-state index contributed by atoms with van der Waals surface area (Å²) in [4.78, 5) is 23.0. The van der Waals surface area contributed by atoms with E-state index in [-0.39, 0.29) is 23.3 Å². The monoisotopic (exact) mass is 328 g/mol. The molecule has 2 amide bonds. The average Bonchev–Trinajstić information content (AvgIpc) is 3.21. The smallest absolute Gasteiger partial charge is 0.251 e. The average molecular weight is 329 g/mol. The number of halogens is 2. The molecule has 1 aromatic rings. The zero-order valence-corrected chi connectivity index (χ0v) is 11.8. The van der Waals surface area contributed by atoms with Crippen molar-refractivity contribution in [3.8, 4) is 0 Å². The van der Waals surface area contributed by atoms with Gasteiger partial charge >= 0.3 is 0 Å². The van der Waals surface area contributed by atoms with Crippen LogP contribution < -0.4 is 10.6 Å². The van der Waals surface area contributed by atoms with E-state index >= 15 is 0 Å². The van der Waals surface area contributed by atoms with E-state index in [2.05, 4.69) is 26.6 Å². The van der Waals surface area contributed by atoms with E-state index in [1.165, 1.54) is 18.2 Å². The standard InChI is InChI=1S/C13H14BrFN2O2/c14-10-4-3-9(7-11(10)15)13(19)17-6-5-16-12(18)8-1-2-8/h3-4,7-8H,1-2,5-6H2,(H,16,18)(H,17,19). The van der Waals surface area contributed by atoms with Crippen molar-refractivity contribution >= 4 is 27.7 Å². The summed E-state index contributed by atoms with van der Waals surface area (Å²) in [6, 6.07) is 4.19. The molecule has 0 bridgehead atoms. The molecule has 0 aliphatic heterocycles. The zero-order chi connectivity index (χ0) is 13.8. The van der Waals surface area contributed by atoms with Crippen molar-refractivity contribution in [1.82, 2.24) is 10.6 Å². The topological polar surface area (TPSA) is 58.2 Å². The van der Waals surface area contributed by atoms with Crippen LogP contribution in [-0.4, -0.2) is 24.9 Å². The molecule has 2 rings (SSSR count). The van der Waals surface area contributed by atoms with Crippen molar-refractivity contribution in [3.05, 3.63) is 34.1 Å². The van der Waals surface area contributed by atoms with E-state index in [1.54, 1.807) is 0 Å². The van der Waals surface area contributed by atoms with Crippen LogP contribution in [0.4, 0.5) is 4.39 Å². The predicted octanol–water partition coefficient (Wildman–Crippen LogP) is 1.84. The van der Waals surface area contributed by atoms with Crippen LogP contribution in [0.2, 0.25) is 0 Å². The first-order valence-corrected chi connectivity index (χ1v) is 6.88. The van der Waals surface area contributed by atoms with Crippen LogP contribution in [-0.2, 0) is 4.79 Å². The van der Waals surface area contributed by atoms with Gasteiger partial charge < -0.3 is 10.6 Å². The van der Waals surface area contributed by atoms with Crippen molar-refractivity contribution < 1.29 is 14.0 Å². The maximum absolute atomic E-state index is 13.2. The lowest BCUT2D eigenvalue weighted by atomic mass is 10.2. The molecule has 0 unspecified atom stereocenters. The lowest BCUT2D eigenvalue weighted by Crippen LogP contribution is -2.35. The second kappa shape index (κ2) is 6.14.